The molecule has 8 heteroatoms. The molecule has 1 aliphatic heterocycles. The second kappa shape index (κ2) is 6.50. The largest absolute Gasteiger partial charge is 0.324 e. The Labute approximate surface area is 125 Å². The molecule has 0 spiro atoms. The lowest BCUT2D eigenvalue weighted by Crippen LogP contribution is -2.47. The molecule has 1 aliphatic rings. The van der Waals surface area contributed by atoms with E-state index >= 15 is 0 Å². The number of hydrogen-bond donors (Lipinski definition) is 1. The molecule has 2 rings (SSSR count). The Bertz CT molecular complexity index is 589. The van der Waals surface area contributed by atoms with Crippen molar-refractivity contribution in [3.8, 4) is 0 Å². The van der Waals surface area contributed by atoms with Crippen LogP contribution in [0, 0.1) is 5.92 Å². The lowest BCUT2D eigenvalue weighted by atomic mass is 9.99. The molecule has 0 saturated carbocycles. The van der Waals surface area contributed by atoms with Gasteiger partial charge in [0.2, 0.25) is 5.91 Å². The molecule has 1 saturated heterocycles. The molecule has 1 N–H and O–H groups in total. The number of carbonyl (C=O) groups is 1. The number of rotatable bonds is 4. The minimum absolute atomic E-state index is 0.165. The lowest BCUT2D eigenvalue weighted by Gasteiger charge is -2.32. The molecule has 21 heavy (non-hydrogen) atoms. The Morgan fingerprint density at radius 1 is 1.48 bits per heavy atom. The summed E-state index contributed by atoms with van der Waals surface area (Å²) in [6, 6.07) is 3.49. The van der Waals surface area contributed by atoms with Crippen molar-refractivity contribution in [2.24, 2.45) is 5.92 Å². The third-order valence-electron chi connectivity index (χ3n) is 3.47. The molecule has 1 atom stereocenters. The monoisotopic (exact) mass is 312 g/mol. The normalized spacial score (nSPS) is 20.4. The van der Waals surface area contributed by atoms with Crippen molar-refractivity contribution in [1.29, 1.82) is 0 Å². The van der Waals surface area contributed by atoms with Gasteiger partial charge in [-0.05, 0) is 25.0 Å². The molecule has 0 aromatic carbocycles. The van der Waals surface area contributed by atoms with Gasteiger partial charge in [0, 0.05) is 33.4 Å². The first kappa shape index (κ1) is 15.9. The van der Waals surface area contributed by atoms with Gasteiger partial charge >= 0.3 is 0 Å². The quantitative estimate of drug-likeness (QED) is 0.879. The van der Waals surface area contributed by atoms with Crippen LogP contribution in [-0.4, -0.2) is 55.1 Å². The molecule has 1 aromatic rings. The Balaban J connectivity index is 2.03. The summed E-state index contributed by atoms with van der Waals surface area (Å²) < 4.78 is 26.8. The molecule has 1 fully saturated rings. The number of carbonyl (C=O) groups excluding carboxylic acids is 1. The van der Waals surface area contributed by atoms with Gasteiger partial charge in [0.15, 0.2) is 0 Å². The standard InChI is InChI=1S/C13H20N4O3S/c1-16(2)21(19,20)17-8-4-5-11(10-17)13(18)15-12-6-3-7-14-9-12/h3,6-7,9,11H,4-5,8,10H2,1-2H3,(H,15,18). The van der Waals surface area contributed by atoms with Crippen LogP contribution in [0.5, 0.6) is 0 Å². The van der Waals surface area contributed by atoms with Crippen molar-refractivity contribution in [2.75, 3.05) is 32.5 Å². The average Bonchev–Trinajstić information content (AvgIpc) is 2.48. The fourth-order valence-electron chi connectivity index (χ4n) is 2.28. The Morgan fingerprint density at radius 2 is 2.24 bits per heavy atom. The molecular weight excluding hydrogens is 292 g/mol. The van der Waals surface area contributed by atoms with E-state index in [-0.39, 0.29) is 18.4 Å². The lowest BCUT2D eigenvalue weighted by molar-refractivity contribution is -0.120. The van der Waals surface area contributed by atoms with Gasteiger partial charge in [-0.3, -0.25) is 9.78 Å². The highest BCUT2D eigenvalue weighted by Gasteiger charge is 2.33. The van der Waals surface area contributed by atoms with Crippen molar-refractivity contribution in [3.05, 3.63) is 24.5 Å². The van der Waals surface area contributed by atoms with Crippen molar-refractivity contribution in [2.45, 2.75) is 12.8 Å². The molecule has 0 aliphatic carbocycles. The number of nitrogens with one attached hydrogen (secondary N) is 1. The van der Waals surface area contributed by atoms with Crippen LogP contribution >= 0.6 is 0 Å². The molecule has 7 nitrogen and oxygen atoms in total. The van der Waals surface area contributed by atoms with Gasteiger partial charge < -0.3 is 5.32 Å². The zero-order valence-electron chi connectivity index (χ0n) is 12.2. The van der Waals surface area contributed by atoms with Gasteiger partial charge in [-0.25, -0.2) is 0 Å². The third kappa shape index (κ3) is 3.78. The van der Waals surface area contributed by atoms with E-state index in [1.807, 2.05) is 0 Å². The first-order valence-corrected chi connectivity index (χ1v) is 8.19. The van der Waals surface area contributed by atoms with E-state index in [4.69, 9.17) is 0 Å². The number of anilines is 1. The smallest absolute Gasteiger partial charge is 0.281 e. The van der Waals surface area contributed by atoms with Gasteiger partial charge in [-0.1, -0.05) is 0 Å². The van der Waals surface area contributed by atoms with E-state index < -0.39 is 10.2 Å². The SMILES string of the molecule is CN(C)S(=O)(=O)N1CCCC(C(=O)Nc2cccnc2)C1. The zero-order valence-corrected chi connectivity index (χ0v) is 13.0. The highest BCUT2D eigenvalue weighted by atomic mass is 32.2. The van der Waals surface area contributed by atoms with E-state index in [2.05, 4.69) is 10.3 Å². The zero-order chi connectivity index (χ0) is 15.5. The first-order valence-electron chi connectivity index (χ1n) is 6.80. The number of aromatic nitrogens is 1. The first-order chi connectivity index (χ1) is 9.91. The molecule has 2 heterocycles. The summed E-state index contributed by atoms with van der Waals surface area (Å²) in [5, 5.41) is 2.78. The van der Waals surface area contributed by atoms with Gasteiger partial charge in [-0.15, -0.1) is 0 Å². The van der Waals surface area contributed by atoms with Crippen LogP contribution in [0.1, 0.15) is 12.8 Å². The number of amides is 1. The Kier molecular flexibility index (Phi) is 4.92. The predicted octanol–water partition coefficient (Wildman–Crippen LogP) is 0.538. The highest BCUT2D eigenvalue weighted by molar-refractivity contribution is 7.86. The number of nitrogens with zero attached hydrogens (tertiary/aromatic N) is 3. The fourth-order valence-corrected chi connectivity index (χ4v) is 3.47. The minimum atomic E-state index is -3.46. The Hall–Kier alpha value is -1.51. The van der Waals surface area contributed by atoms with Crippen molar-refractivity contribution in [1.82, 2.24) is 13.6 Å². The summed E-state index contributed by atoms with van der Waals surface area (Å²) in [5.74, 6) is -0.504. The van der Waals surface area contributed by atoms with Crippen LogP contribution in [-0.2, 0) is 15.0 Å². The minimum Gasteiger partial charge on any atom is -0.324 e. The number of pyridine rings is 1. The summed E-state index contributed by atoms with van der Waals surface area (Å²) in [7, 11) is -0.476. The maximum Gasteiger partial charge on any atom is 0.281 e. The highest BCUT2D eigenvalue weighted by Crippen LogP contribution is 2.21. The van der Waals surface area contributed by atoms with E-state index in [0.717, 1.165) is 0 Å². The Morgan fingerprint density at radius 3 is 2.86 bits per heavy atom. The second-order valence-electron chi connectivity index (χ2n) is 5.22. The van der Waals surface area contributed by atoms with E-state index in [9.17, 15) is 13.2 Å². The van der Waals surface area contributed by atoms with Gasteiger partial charge in [0.05, 0.1) is 17.8 Å². The number of piperidine rings is 1. The average molecular weight is 312 g/mol. The topological polar surface area (TPSA) is 82.6 Å². The van der Waals surface area contributed by atoms with Crippen LogP contribution in [0.15, 0.2) is 24.5 Å². The summed E-state index contributed by atoms with van der Waals surface area (Å²) in [4.78, 5) is 16.2. The predicted molar refractivity (Wildman–Crippen MR) is 79.8 cm³/mol. The summed E-state index contributed by atoms with van der Waals surface area (Å²) in [5.41, 5.74) is 0.620. The second-order valence-corrected chi connectivity index (χ2v) is 7.36. The maximum absolute atomic E-state index is 12.2. The van der Waals surface area contributed by atoms with Crippen molar-refractivity contribution in [3.63, 3.8) is 0 Å². The number of hydrogen-bond acceptors (Lipinski definition) is 4. The van der Waals surface area contributed by atoms with Crippen LogP contribution in [0.3, 0.4) is 0 Å². The van der Waals surface area contributed by atoms with E-state index in [0.29, 0.717) is 25.1 Å². The van der Waals surface area contributed by atoms with Crippen LogP contribution in [0.4, 0.5) is 5.69 Å². The molecule has 0 radical (unpaired) electrons. The molecule has 1 unspecified atom stereocenters. The van der Waals surface area contributed by atoms with E-state index in [1.165, 1.54) is 22.7 Å². The van der Waals surface area contributed by atoms with Gasteiger partial charge in [0.1, 0.15) is 0 Å². The van der Waals surface area contributed by atoms with Gasteiger partial charge in [0.25, 0.3) is 10.2 Å². The van der Waals surface area contributed by atoms with Crippen LogP contribution in [0.2, 0.25) is 0 Å². The molecular formula is C13H20N4O3S. The van der Waals surface area contributed by atoms with Crippen molar-refractivity contribution >= 4 is 21.8 Å². The molecule has 116 valence electrons. The summed E-state index contributed by atoms with van der Waals surface area (Å²) in [6.45, 7) is 0.670. The molecule has 0 bridgehead atoms. The third-order valence-corrected chi connectivity index (χ3v) is 5.38. The summed E-state index contributed by atoms with van der Waals surface area (Å²) >= 11 is 0. The summed E-state index contributed by atoms with van der Waals surface area (Å²) in [6.07, 6.45) is 4.56. The van der Waals surface area contributed by atoms with Crippen LogP contribution < -0.4 is 5.32 Å². The van der Waals surface area contributed by atoms with Crippen LogP contribution in [0.25, 0.3) is 0 Å². The van der Waals surface area contributed by atoms with E-state index in [1.54, 1.807) is 24.5 Å². The molecule has 1 amide bonds. The molecule has 1 aromatic heterocycles. The maximum atomic E-state index is 12.2. The van der Waals surface area contributed by atoms with Gasteiger partial charge in [-0.2, -0.15) is 17.0 Å². The van der Waals surface area contributed by atoms with Crippen molar-refractivity contribution < 1.29 is 13.2 Å². The fraction of sp³-hybridized carbons (Fsp3) is 0.538.